The van der Waals surface area contributed by atoms with Crippen molar-refractivity contribution in [2.24, 2.45) is 0 Å². The molecule has 2 aromatic heterocycles. The smallest absolute Gasteiger partial charge is 0.318 e. The van der Waals surface area contributed by atoms with Crippen LogP contribution in [0.4, 0.5) is 10.6 Å². The number of hydrogen-bond donors (Lipinski definition) is 2. The number of carbonyl (C=O) groups is 1. The van der Waals surface area contributed by atoms with Gasteiger partial charge in [0.2, 0.25) is 0 Å². The molecule has 0 atom stereocenters. The standard InChI is InChI=1S/C20H32N6O3/c1-6-28-11-15-23-16-17(13(2)14(3)22-18(16)21)26(15)12-20(4,5)24-19(27)25-7-9-29-10-8-25/h6-12H2,1-5H3,(H2,21,22)(H,24,27). The molecule has 0 bridgehead atoms. The summed E-state index contributed by atoms with van der Waals surface area (Å²) < 4.78 is 13.1. The molecule has 29 heavy (non-hydrogen) atoms. The van der Waals surface area contributed by atoms with E-state index in [1.807, 2.05) is 34.6 Å². The van der Waals surface area contributed by atoms with Gasteiger partial charge in [0.25, 0.3) is 0 Å². The fourth-order valence-corrected chi connectivity index (χ4v) is 3.59. The molecular weight excluding hydrogens is 372 g/mol. The first kappa shape index (κ1) is 21.3. The highest BCUT2D eigenvalue weighted by Gasteiger charge is 2.28. The Kier molecular flexibility index (Phi) is 6.28. The molecule has 0 unspecified atom stereocenters. The number of urea groups is 1. The highest BCUT2D eigenvalue weighted by atomic mass is 16.5. The summed E-state index contributed by atoms with van der Waals surface area (Å²) in [6.07, 6.45) is 0. The number of fused-ring (bicyclic) bond motifs is 1. The van der Waals surface area contributed by atoms with Crippen molar-refractivity contribution in [3.63, 3.8) is 0 Å². The number of rotatable bonds is 6. The number of imidazole rings is 1. The number of aromatic nitrogens is 3. The van der Waals surface area contributed by atoms with Gasteiger partial charge in [0.15, 0.2) is 5.82 Å². The van der Waals surface area contributed by atoms with Gasteiger partial charge in [-0.15, -0.1) is 0 Å². The Bertz CT molecular complexity index is 886. The minimum absolute atomic E-state index is 0.0804. The Labute approximate surface area is 171 Å². The maximum Gasteiger partial charge on any atom is 0.318 e. The second-order valence-electron chi connectivity index (χ2n) is 8.07. The summed E-state index contributed by atoms with van der Waals surface area (Å²) in [4.78, 5) is 23.6. The van der Waals surface area contributed by atoms with E-state index in [1.54, 1.807) is 4.90 Å². The molecule has 2 amide bonds. The van der Waals surface area contributed by atoms with Crippen molar-refractivity contribution in [2.75, 3.05) is 38.6 Å². The van der Waals surface area contributed by atoms with E-state index >= 15 is 0 Å². The molecule has 3 rings (SSSR count). The summed E-state index contributed by atoms with van der Waals surface area (Å²) >= 11 is 0. The summed E-state index contributed by atoms with van der Waals surface area (Å²) in [5.74, 6) is 1.19. The molecule has 9 heteroatoms. The molecule has 3 heterocycles. The second kappa shape index (κ2) is 8.54. The maximum atomic E-state index is 12.7. The number of nitrogen functional groups attached to an aromatic ring is 1. The molecule has 2 aromatic rings. The molecule has 0 radical (unpaired) electrons. The lowest BCUT2D eigenvalue weighted by Gasteiger charge is -2.33. The number of carbonyl (C=O) groups excluding carboxylic acids is 1. The highest BCUT2D eigenvalue weighted by molar-refractivity contribution is 5.88. The van der Waals surface area contributed by atoms with Crippen LogP contribution in [0.5, 0.6) is 0 Å². The molecule has 9 nitrogen and oxygen atoms in total. The van der Waals surface area contributed by atoms with E-state index in [0.29, 0.717) is 57.4 Å². The number of nitrogens with one attached hydrogen (secondary N) is 1. The Morgan fingerprint density at radius 2 is 1.97 bits per heavy atom. The average molecular weight is 405 g/mol. The van der Waals surface area contributed by atoms with E-state index in [-0.39, 0.29) is 6.03 Å². The van der Waals surface area contributed by atoms with Gasteiger partial charge in [-0.3, -0.25) is 0 Å². The first-order chi connectivity index (χ1) is 13.7. The van der Waals surface area contributed by atoms with Gasteiger partial charge in [0, 0.05) is 31.9 Å². The van der Waals surface area contributed by atoms with Gasteiger partial charge in [0.1, 0.15) is 17.9 Å². The van der Waals surface area contributed by atoms with Crippen molar-refractivity contribution in [1.29, 1.82) is 0 Å². The first-order valence-corrected chi connectivity index (χ1v) is 10.1. The van der Waals surface area contributed by atoms with Gasteiger partial charge < -0.3 is 30.0 Å². The summed E-state index contributed by atoms with van der Waals surface area (Å²) in [6, 6.07) is -0.0804. The average Bonchev–Trinajstić information content (AvgIpc) is 3.03. The van der Waals surface area contributed by atoms with Crippen molar-refractivity contribution in [1.82, 2.24) is 24.8 Å². The highest BCUT2D eigenvalue weighted by Crippen LogP contribution is 2.28. The van der Waals surface area contributed by atoms with Gasteiger partial charge in [-0.1, -0.05) is 0 Å². The van der Waals surface area contributed by atoms with Crippen molar-refractivity contribution in [3.05, 3.63) is 17.1 Å². The number of nitrogens with two attached hydrogens (primary N) is 1. The third kappa shape index (κ3) is 4.62. The van der Waals surface area contributed by atoms with Gasteiger partial charge in [0.05, 0.1) is 24.3 Å². The third-order valence-electron chi connectivity index (χ3n) is 5.21. The number of morpholine rings is 1. The van der Waals surface area contributed by atoms with Crippen LogP contribution in [0, 0.1) is 13.8 Å². The molecule has 1 aliphatic rings. The third-order valence-corrected chi connectivity index (χ3v) is 5.21. The Hall–Kier alpha value is -2.39. The van der Waals surface area contributed by atoms with E-state index in [9.17, 15) is 4.79 Å². The summed E-state index contributed by atoms with van der Waals surface area (Å²) in [5.41, 5.74) is 9.17. The lowest BCUT2D eigenvalue weighted by molar-refractivity contribution is 0.0511. The zero-order valence-corrected chi connectivity index (χ0v) is 18.0. The van der Waals surface area contributed by atoms with Gasteiger partial charge in [-0.25, -0.2) is 14.8 Å². The quantitative estimate of drug-likeness (QED) is 0.762. The molecule has 1 fully saturated rings. The number of pyridine rings is 1. The Balaban J connectivity index is 1.93. The van der Waals surface area contributed by atoms with Gasteiger partial charge >= 0.3 is 6.03 Å². The van der Waals surface area contributed by atoms with Crippen LogP contribution in [-0.2, 0) is 22.6 Å². The van der Waals surface area contributed by atoms with Crippen molar-refractivity contribution < 1.29 is 14.3 Å². The number of aryl methyl sites for hydroxylation is 2. The van der Waals surface area contributed by atoms with Crippen LogP contribution < -0.4 is 11.1 Å². The zero-order valence-electron chi connectivity index (χ0n) is 18.0. The van der Waals surface area contributed by atoms with Crippen LogP contribution in [0.3, 0.4) is 0 Å². The predicted octanol–water partition coefficient (Wildman–Crippen LogP) is 1.99. The van der Waals surface area contributed by atoms with E-state index in [2.05, 4.69) is 14.9 Å². The number of nitrogens with zero attached hydrogens (tertiary/aromatic N) is 4. The second-order valence-corrected chi connectivity index (χ2v) is 8.07. The summed E-state index contributed by atoms with van der Waals surface area (Å²) in [6.45, 7) is 13.8. The van der Waals surface area contributed by atoms with Gasteiger partial charge in [-0.2, -0.15) is 0 Å². The molecule has 3 N–H and O–H groups in total. The number of hydrogen-bond acceptors (Lipinski definition) is 6. The minimum Gasteiger partial charge on any atom is -0.382 e. The van der Waals surface area contributed by atoms with E-state index < -0.39 is 5.54 Å². The molecular formula is C20H32N6O3. The molecule has 0 aromatic carbocycles. The number of amides is 2. The van der Waals surface area contributed by atoms with Crippen LogP contribution in [0.1, 0.15) is 37.9 Å². The molecule has 0 saturated carbocycles. The fraction of sp³-hybridized carbons (Fsp3) is 0.650. The lowest BCUT2D eigenvalue weighted by atomic mass is 10.1. The monoisotopic (exact) mass is 404 g/mol. The minimum atomic E-state index is -0.512. The van der Waals surface area contributed by atoms with Gasteiger partial charge in [-0.05, 0) is 40.2 Å². The molecule has 0 aliphatic carbocycles. The predicted molar refractivity (Wildman–Crippen MR) is 112 cm³/mol. The molecule has 1 aliphatic heterocycles. The maximum absolute atomic E-state index is 12.7. The van der Waals surface area contributed by atoms with Crippen molar-refractivity contribution in [2.45, 2.75) is 53.3 Å². The fourth-order valence-electron chi connectivity index (χ4n) is 3.59. The van der Waals surface area contributed by atoms with Crippen LogP contribution in [-0.4, -0.2) is 63.9 Å². The van der Waals surface area contributed by atoms with E-state index in [4.69, 9.17) is 20.2 Å². The van der Waals surface area contributed by atoms with E-state index in [0.717, 1.165) is 22.6 Å². The topological polar surface area (TPSA) is 108 Å². The largest absolute Gasteiger partial charge is 0.382 e. The lowest BCUT2D eigenvalue weighted by Crippen LogP contribution is -2.54. The van der Waals surface area contributed by atoms with Crippen molar-refractivity contribution >= 4 is 22.9 Å². The molecule has 160 valence electrons. The summed E-state index contributed by atoms with van der Waals surface area (Å²) in [7, 11) is 0. The number of ether oxygens (including phenoxy) is 2. The first-order valence-electron chi connectivity index (χ1n) is 10.1. The van der Waals surface area contributed by atoms with Crippen LogP contribution >= 0.6 is 0 Å². The van der Waals surface area contributed by atoms with Crippen LogP contribution in [0.25, 0.3) is 11.0 Å². The molecule has 1 saturated heterocycles. The van der Waals surface area contributed by atoms with Crippen LogP contribution in [0.2, 0.25) is 0 Å². The van der Waals surface area contributed by atoms with E-state index in [1.165, 1.54) is 0 Å². The summed E-state index contributed by atoms with van der Waals surface area (Å²) in [5, 5.41) is 3.16. The Morgan fingerprint density at radius 1 is 1.28 bits per heavy atom. The van der Waals surface area contributed by atoms with Crippen molar-refractivity contribution in [3.8, 4) is 0 Å². The zero-order chi connectivity index (χ0) is 21.2. The van der Waals surface area contributed by atoms with Crippen LogP contribution in [0.15, 0.2) is 0 Å². The number of anilines is 1. The Morgan fingerprint density at radius 3 is 2.62 bits per heavy atom. The molecule has 0 spiro atoms. The SMILES string of the molecule is CCOCc1nc2c(N)nc(C)c(C)c2n1CC(C)(C)NC(=O)N1CCOCC1. The normalized spacial score (nSPS) is 15.1.